The highest BCUT2D eigenvalue weighted by Crippen LogP contribution is 2.61. The maximum Gasteiger partial charge on any atom is 0.0559 e. The van der Waals surface area contributed by atoms with Crippen LogP contribution in [-0.2, 0) is 4.74 Å². The molecule has 0 aromatic heterocycles. The van der Waals surface area contributed by atoms with Gasteiger partial charge in [0.25, 0.3) is 0 Å². The second-order valence-corrected chi connectivity index (χ2v) is 7.74. The molecule has 4 aliphatic rings. The molecule has 5 atom stereocenters. The van der Waals surface area contributed by atoms with Gasteiger partial charge in [0, 0.05) is 5.41 Å². The van der Waals surface area contributed by atoms with Crippen molar-refractivity contribution in [2.75, 3.05) is 13.2 Å². The van der Waals surface area contributed by atoms with Gasteiger partial charge in [0.15, 0.2) is 0 Å². The lowest BCUT2D eigenvalue weighted by molar-refractivity contribution is -0.0627. The summed E-state index contributed by atoms with van der Waals surface area (Å²) < 4.78 is 5.87. The van der Waals surface area contributed by atoms with Crippen LogP contribution in [0.2, 0.25) is 0 Å². The molecule has 0 aromatic carbocycles. The van der Waals surface area contributed by atoms with E-state index in [2.05, 4.69) is 32.1 Å². The monoisotopic (exact) mass is 258 g/mol. The molecule has 0 aromatic rings. The highest BCUT2D eigenvalue weighted by atomic mass is 16.5. The number of fused-ring (bicyclic) bond motifs is 5. The largest absolute Gasteiger partial charge is 0.380 e. The Hall–Kier alpha value is -0.560. The summed E-state index contributed by atoms with van der Waals surface area (Å²) in [7, 11) is 0. The summed E-state index contributed by atoms with van der Waals surface area (Å²) >= 11 is 0. The average Bonchev–Trinajstić information content (AvgIpc) is 2.79. The lowest BCUT2D eigenvalue weighted by Gasteiger charge is -2.56. The summed E-state index contributed by atoms with van der Waals surface area (Å²) in [5, 5.41) is 0. The zero-order valence-electron chi connectivity index (χ0n) is 12.3. The van der Waals surface area contributed by atoms with Crippen LogP contribution in [0.3, 0.4) is 0 Å². The van der Waals surface area contributed by atoms with Crippen LogP contribution < -0.4 is 0 Å². The first-order valence-electron chi connectivity index (χ1n) is 8.08. The molecule has 0 spiro atoms. The van der Waals surface area contributed by atoms with Crippen LogP contribution in [0, 0.1) is 28.6 Å². The molecule has 0 amide bonds. The van der Waals surface area contributed by atoms with Crippen LogP contribution in [0.5, 0.6) is 0 Å². The van der Waals surface area contributed by atoms with Gasteiger partial charge in [0.1, 0.15) is 0 Å². The van der Waals surface area contributed by atoms with E-state index in [-0.39, 0.29) is 0 Å². The van der Waals surface area contributed by atoms with Gasteiger partial charge in [-0.25, -0.2) is 0 Å². The zero-order valence-corrected chi connectivity index (χ0v) is 12.3. The van der Waals surface area contributed by atoms with E-state index in [1.54, 1.807) is 5.57 Å². The lowest BCUT2D eigenvalue weighted by atomic mass is 9.50. The van der Waals surface area contributed by atoms with Crippen LogP contribution >= 0.6 is 0 Å². The van der Waals surface area contributed by atoms with E-state index < -0.39 is 0 Å². The highest BCUT2D eigenvalue weighted by Gasteiger charge is 2.54. The van der Waals surface area contributed by atoms with Crippen molar-refractivity contribution in [3.8, 4) is 0 Å². The smallest absolute Gasteiger partial charge is 0.0559 e. The Bertz CT molecular complexity index is 449. The second-order valence-electron chi connectivity index (χ2n) is 7.74. The molecule has 3 aliphatic carbocycles. The summed E-state index contributed by atoms with van der Waals surface area (Å²) in [5.41, 5.74) is 2.57. The van der Waals surface area contributed by atoms with Gasteiger partial charge < -0.3 is 4.74 Å². The Morgan fingerprint density at radius 1 is 1.21 bits per heavy atom. The first-order valence-corrected chi connectivity index (χ1v) is 8.08. The molecule has 2 fully saturated rings. The summed E-state index contributed by atoms with van der Waals surface area (Å²) in [4.78, 5) is 0. The highest BCUT2D eigenvalue weighted by molar-refractivity contribution is 5.25. The topological polar surface area (TPSA) is 9.23 Å². The van der Waals surface area contributed by atoms with Crippen molar-refractivity contribution in [2.24, 2.45) is 28.6 Å². The number of rotatable bonds is 0. The predicted molar refractivity (Wildman–Crippen MR) is 77.8 cm³/mol. The summed E-state index contributed by atoms with van der Waals surface area (Å²) in [5.74, 6) is 2.65. The van der Waals surface area contributed by atoms with Gasteiger partial charge >= 0.3 is 0 Å². The van der Waals surface area contributed by atoms with Gasteiger partial charge in [-0.1, -0.05) is 37.6 Å². The maximum absolute atomic E-state index is 5.87. The fourth-order valence-electron chi connectivity index (χ4n) is 5.69. The molecule has 1 saturated carbocycles. The third-order valence-corrected chi connectivity index (χ3v) is 6.87. The molecule has 1 aliphatic heterocycles. The minimum Gasteiger partial charge on any atom is -0.380 e. The molecule has 0 N–H and O–H groups in total. The van der Waals surface area contributed by atoms with Gasteiger partial charge in [-0.15, -0.1) is 0 Å². The minimum absolute atomic E-state index is 0.352. The van der Waals surface area contributed by atoms with Crippen LogP contribution in [0.4, 0.5) is 0 Å². The van der Waals surface area contributed by atoms with E-state index in [0.717, 1.165) is 31.0 Å². The normalized spacial score (nSPS) is 52.1. The van der Waals surface area contributed by atoms with E-state index in [1.165, 1.54) is 32.1 Å². The molecule has 104 valence electrons. The number of allylic oxidation sites excluding steroid dienone is 3. The van der Waals surface area contributed by atoms with Crippen LogP contribution in [0.15, 0.2) is 23.8 Å². The first kappa shape index (κ1) is 12.2. The summed E-state index contributed by atoms with van der Waals surface area (Å²) in [6, 6.07) is 0. The molecule has 19 heavy (non-hydrogen) atoms. The van der Waals surface area contributed by atoms with Crippen LogP contribution in [0.1, 0.15) is 46.0 Å². The van der Waals surface area contributed by atoms with Crippen molar-refractivity contribution < 1.29 is 4.74 Å². The Morgan fingerprint density at radius 2 is 2.11 bits per heavy atom. The molecule has 1 heterocycles. The van der Waals surface area contributed by atoms with Gasteiger partial charge in [0.05, 0.1) is 13.2 Å². The molecule has 1 nitrogen and oxygen atoms in total. The van der Waals surface area contributed by atoms with Crippen molar-refractivity contribution in [3.63, 3.8) is 0 Å². The third-order valence-electron chi connectivity index (χ3n) is 6.87. The standard InChI is InChI=1S/C18H26O/c1-17-9-3-4-15(17)14-6-5-13-8-11-19-12-18(13,2)16(14)7-10-17/h3,5,9,14-16H,4,6-8,10-12H2,1-2H3. The van der Waals surface area contributed by atoms with E-state index >= 15 is 0 Å². The second kappa shape index (κ2) is 3.97. The average molecular weight is 258 g/mol. The van der Waals surface area contributed by atoms with Crippen molar-refractivity contribution in [1.82, 2.24) is 0 Å². The Kier molecular flexibility index (Phi) is 2.55. The summed E-state index contributed by atoms with van der Waals surface area (Å²) in [6.45, 7) is 6.90. The van der Waals surface area contributed by atoms with Crippen molar-refractivity contribution >= 4 is 0 Å². The van der Waals surface area contributed by atoms with Gasteiger partial charge in [0.2, 0.25) is 0 Å². The van der Waals surface area contributed by atoms with E-state index in [4.69, 9.17) is 4.74 Å². The first-order chi connectivity index (χ1) is 9.13. The van der Waals surface area contributed by atoms with Crippen LogP contribution in [-0.4, -0.2) is 13.2 Å². The number of hydrogen-bond donors (Lipinski definition) is 0. The molecular weight excluding hydrogens is 232 g/mol. The van der Waals surface area contributed by atoms with Crippen molar-refractivity contribution in [1.29, 1.82) is 0 Å². The quantitative estimate of drug-likeness (QED) is 0.587. The lowest BCUT2D eigenvalue weighted by Crippen LogP contribution is -2.50. The molecule has 1 saturated heterocycles. The zero-order chi connectivity index (χ0) is 13.1. The fraction of sp³-hybridized carbons (Fsp3) is 0.778. The number of ether oxygens (including phenoxy) is 1. The minimum atomic E-state index is 0.352. The Labute approximate surface area is 117 Å². The van der Waals surface area contributed by atoms with Gasteiger partial charge in [-0.3, -0.25) is 0 Å². The molecular formula is C18H26O. The Morgan fingerprint density at radius 3 is 3.00 bits per heavy atom. The van der Waals surface area contributed by atoms with E-state index in [0.29, 0.717) is 10.8 Å². The number of hydrogen-bond acceptors (Lipinski definition) is 1. The van der Waals surface area contributed by atoms with E-state index in [1.807, 2.05) is 0 Å². The molecule has 0 radical (unpaired) electrons. The summed E-state index contributed by atoms with van der Waals surface area (Å²) in [6.07, 6.45) is 14.2. The Balaban J connectivity index is 1.71. The molecule has 0 bridgehead atoms. The maximum atomic E-state index is 5.87. The van der Waals surface area contributed by atoms with Crippen LogP contribution in [0.25, 0.3) is 0 Å². The SMILES string of the molecule is CC12C=CCC1C1CC=C3CCOCC3(C)C1CC2. The van der Waals surface area contributed by atoms with Gasteiger partial charge in [-0.05, 0) is 55.3 Å². The van der Waals surface area contributed by atoms with Crippen molar-refractivity contribution in [2.45, 2.75) is 46.0 Å². The molecule has 1 heteroatoms. The third kappa shape index (κ3) is 1.57. The molecule has 4 rings (SSSR count). The van der Waals surface area contributed by atoms with Crippen molar-refractivity contribution in [3.05, 3.63) is 23.8 Å². The fourth-order valence-corrected chi connectivity index (χ4v) is 5.69. The van der Waals surface area contributed by atoms with Gasteiger partial charge in [-0.2, -0.15) is 0 Å². The predicted octanol–water partition coefficient (Wildman–Crippen LogP) is 4.35. The molecule has 5 unspecified atom stereocenters. The van der Waals surface area contributed by atoms with E-state index in [9.17, 15) is 0 Å².